The van der Waals surface area contributed by atoms with Crippen LogP contribution in [-0.2, 0) is 4.79 Å². The molecule has 3 heteroatoms. The van der Waals surface area contributed by atoms with Gasteiger partial charge in [-0.3, -0.25) is 4.79 Å². The molecule has 2 N–H and O–H groups in total. The van der Waals surface area contributed by atoms with E-state index >= 15 is 0 Å². The third-order valence-electron chi connectivity index (χ3n) is 5.78. The quantitative estimate of drug-likeness (QED) is 0.335. The highest BCUT2D eigenvalue weighted by Crippen LogP contribution is 2.38. The lowest BCUT2D eigenvalue weighted by atomic mass is 9.98. The van der Waals surface area contributed by atoms with Gasteiger partial charge in [0.1, 0.15) is 0 Å². The zero-order chi connectivity index (χ0) is 20.1. The van der Waals surface area contributed by atoms with Crippen molar-refractivity contribution in [1.82, 2.24) is 4.98 Å². The molecule has 0 unspecified atom stereocenters. The van der Waals surface area contributed by atoms with E-state index in [9.17, 15) is 4.79 Å². The largest absolute Gasteiger partial charge is 0.354 e. The van der Waals surface area contributed by atoms with E-state index < -0.39 is 0 Å². The van der Waals surface area contributed by atoms with Gasteiger partial charge in [-0.05, 0) is 40.6 Å². The Morgan fingerprint density at radius 1 is 0.733 bits per heavy atom. The number of hydrogen-bond acceptors (Lipinski definition) is 1. The van der Waals surface area contributed by atoms with Crippen LogP contribution in [0, 0.1) is 0 Å². The number of anilines is 1. The van der Waals surface area contributed by atoms with Gasteiger partial charge >= 0.3 is 0 Å². The number of aromatic nitrogens is 1. The van der Waals surface area contributed by atoms with Gasteiger partial charge in [-0.15, -0.1) is 0 Å². The standard InChI is InChI=1S/C27H18N2O/c30-27-23(21-10-4-6-12-25(21)29-27)16-22-20-9-3-5-11-24(20)28-26(22)19-14-13-17-7-1-2-8-18(17)15-19/h1-16,28H,(H,29,30). The normalized spacial score (nSPS) is 14.4. The number of carbonyl (C=O) groups excluding carboxylic acids is 1. The number of hydrogen-bond donors (Lipinski definition) is 2. The van der Waals surface area contributed by atoms with Crippen molar-refractivity contribution in [3.05, 3.63) is 102 Å². The monoisotopic (exact) mass is 386 g/mol. The Bertz CT molecular complexity index is 1490. The van der Waals surface area contributed by atoms with Gasteiger partial charge in [-0.2, -0.15) is 0 Å². The maximum Gasteiger partial charge on any atom is 0.256 e. The van der Waals surface area contributed by atoms with Gasteiger partial charge in [-0.25, -0.2) is 0 Å². The minimum atomic E-state index is -0.0639. The number of para-hydroxylation sites is 2. The average molecular weight is 386 g/mol. The van der Waals surface area contributed by atoms with E-state index in [-0.39, 0.29) is 5.91 Å². The molecule has 0 saturated heterocycles. The lowest BCUT2D eigenvalue weighted by Crippen LogP contribution is -2.03. The molecular weight excluding hydrogens is 368 g/mol. The fraction of sp³-hybridized carbons (Fsp3) is 0. The second kappa shape index (κ2) is 6.46. The highest BCUT2D eigenvalue weighted by Gasteiger charge is 2.24. The molecule has 1 aliphatic heterocycles. The Hall–Kier alpha value is -4.11. The van der Waals surface area contributed by atoms with Crippen molar-refractivity contribution in [2.75, 3.05) is 5.32 Å². The van der Waals surface area contributed by atoms with Gasteiger partial charge in [0.2, 0.25) is 0 Å². The summed E-state index contributed by atoms with van der Waals surface area (Å²) < 4.78 is 0. The van der Waals surface area contributed by atoms with E-state index in [1.165, 1.54) is 10.8 Å². The molecule has 1 aromatic heterocycles. The summed E-state index contributed by atoms with van der Waals surface area (Å²) in [5.41, 5.74) is 6.70. The zero-order valence-corrected chi connectivity index (χ0v) is 16.1. The molecule has 0 bridgehead atoms. The molecule has 4 aromatic carbocycles. The van der Waals surface area contributed by atoms with E-state index in [0.717, 1.165) is 39.0 Å². The van der Waals surface area contributed by atoms with Gasteiger partial charge in [-0.1, -0.05) is 72.8 Å². The number of rotatable bonds is 2. The van der Waals surface area contributed by atoms with E-state index in [1.807, 2.05) is 42.5 Å². The molecule has 5 aromatic rings. The van der Waals surface area contributed by atoms with Crippen LogP contribution in [-0.4, -0.2) is 10.9 Å². The molecule has 0 radical (unpaired) electrons. The minimum Gasteiger partial charge on any atom is -0.354 e. The van der Waals surface area contributed by atoms with E-state index in [4.69, 9.17) is 0 Å². The van der Waals surface area contributed by atoms with E-state index in [0.29, 0.717) is 5.57 Å². The molecule has 1 aliphatic rings. The molecule has 2 heterocycles. The van der Waals surface area contributed by atoms with Crippen molar-refractivity contribution in [2.45, 2.75) is 0 Å². The van der Waals surface area contributed by atoms with Gasteiger partial charge in [0.25, 0.3) is 5.91 Å². The summed E-state index contributed by atoms with van der Waals surface area (Å²) in [6, 6.07) is 30.9. The van der Waals surface area contributed by atoms with Crippen LogP contribution in [0.1, 0.15) is 11.1 Å². The number of carbonyl (C=O) groups is 1. The van der Waals surface area contributed by atoms with E-state index in [2.05, 4.69) is 64.9 Å². The van der Waals surface area contributed by atoms with Crippen LogP contribution < -0.4 is 5.32 Å². The first-order valence-corrected chi connectivity index (χ1v) is 10.0. The van der Waals surface area contributed by atoms with Crippen molar-refractivity contribution >= 4 is 44.9 Å². The molecule has 0 aliphatic carbocycles. The summed E-state index contributed by atoms with van der Waals surface area (Å²) in [7, 11) is 0. The summed E-state index contributed by atoms with van der Waals surface area (Å²) >= 11 is 0. The summed E-state index contributed by atoms with van der Waals surface area (Å²) in [6.45, 7) is 0. The predicted octanol–water partition coefficient (Wildman–Crippen LogP) is 6.48. The maximum absolute atomic E-state index is 12.7. The van der Waals surface area contributed by atoms with Crippen LogP contribution in [0.3, 0.4) is 0 Å². The SMILES string of the molecule is O=C1Nc2ccccc2C1=Cc1c(-c2ccc3ccccc3c2)[nH]c2ccccc12. The van der Waals surface area contributed by atoms with Crippen LogP contribution in [0.15, 0.2) is 91.0 Å². The van der Waals surface area contributed by atoms with Crippen LogP contribution in [0.5, 0.6) is 0 Å². The molecule has 0 saturated carbocycles. The Labute approximate surface area is 173 Å². The summed E-state index contributed by atoms with van der Waals surface area (Å²) in [5, 5.41) is 6.48. The van der Waals surface area contributed by atoms with Gasteiger partial charge in [0.05, 0.1) is 5.69 Å². The van der Waals surface area contributed by atoms with Gasteiger partial charge in [0, 0.05) is 33.3 Å². The summed E-state index contributed by atoms with van der Waals surface area (Å²) in [6.07, 6.45) is 2.02. The first-order chi connectivity index (χ1) is 14.8. The second-order valence-corrected chi connectivity index (χ2v) is 7.58. The van der Waals surface area contributed by atoms with Crippen LogP contribution in [0.2, 0.25) is 0 Å². The third kappa shape index (κ3) is 2.56. The van der Waals surface area contributed by atoms with Crippen molar-refractivity contribution in [3.8, 4) is 11.3 Å². The van der Waals surface area contributed by atoms with Gasteiger partial charge < -0.3 is 10.3 Å². The molecule has 1 amide bonds. The maximum atomic E-state index is 12.7. The molecule has 0 fully saturated rings. The number of aromatic amines is 1. The van der Waals surface area contributed by atoms with Crippen LogP contribution >= 0.6 is 0 Å². The fourth-order valence-electron chi connectivity index (χ4n) is 4.31. The minimum absolute atomic E-state index is 0.0639. The Morgan fingerprint density at radius 3 is 2.43 bits per heavy atom. The molecule has 0 spiro atoms. The molecule has 30 heavy (non-hydrogen) atoms. The Morgan fingerprint density at radius 2 is 1.50 bits per heavy atom. The molecule has 0 atom stereocenters. The number of amides is 1. The molecular formula is C27H18N2O. The Kier molecular flexibility index (Phi) is 3.62. The van der Waals surface area contributed by atoms with Crippen molar-refractivity contribution in [2.24, 2.45) is 0 Å². The third-order valence-corrected chi connectivity index (χ3v) is 5.78. The topological polar surface area (TPSA) is 44.9 Å². The molecule has 3 nitrogen and oxygen atoms in total. The number of H-pyrrole nitrogens is 1. The highest BCUT2D eigenvalue weighted by atomic mass is 16.2. The second-order valence-electron chi connectivity index (χ2n) is 7.58. The summed E-state index contributed by atoms with van der Waals surface area (Å²) in [5.74, 6) is -0.0639. The van der Waals surface area contributed by atoms with Gasteiger partial charge in [0.15, 0.2) is 0 Å². The first-order valence-electron chi connectivity index (χ1n) is 10.0. The van der Waals surface area contributed by atoms with Crippen molar-refractivity contribution < 1.29 is 4.79 Å². The van der Waals surface area contributed by atoms with Crippen LogP contribution in [0.25, 0.3) is 44.6 Å². The van der Waals surface area contributed by atoms with Crippen molar-refractivity contribution in [1.29, 1.82) is 0 Å². The lowest BCUT2D eigenvalue weighted by molar-refractivity contribution is -0.110. The molecule has 6 rings (SSSR count). The zero-order valence-electron chi connectivity index (χ0n) is 16.1. The fourth-order valence-corrected chi connectivity index (χ4v) is 4.31. The number of benzene rings is 4. The van der Waals surface area contributed by atoms with Crippen molar-refractivity contribution in [3.63, 3.8) is 0 Å². The smallest absolute Gasteiger partial charge is 0.256 e. The average Bonchev–Trinajstić information content (AvgIpc) is 3.31. The summed E-state index contributed by atoms with van der Waals surface area (Å²) in [4.78, 5) is 16.3. The lowest BCUT2D eigenvalue weighted by Gasteiger charge is -2.05. The number of fused-ring (bicyclic) bond motifs is 3. The molecule has 142 valence electrons. The highest BCUT2D eigenvalue weighted by molar-refractivity contribution is 6.35. The number of nitrogens with one attached hydrogen (secondary N) is 2. The Balaban J connectivity index is 1.61. The van der Waals surface area contributed by atoms with Crippen LogP contribution in [0.4, 0.5) is 5.69 Å². The van der Waals surface area contributed by atoms with E-state index in [1.54, 1.807) is 0 Å². The first kappa shape index (κ1) is 16.8. The predicted molar refractivity (Wildman–Crippen MR) is 124 cm³/mol.